The maximum atomic E-state index is 12.6. The number of amides is 2. The Morgan fingerprint density at radius 3 is 2.57 bits per heavy atom. The molecule has 8 heteroatoms. The Kier molecular flexibility index (Phi) is 5.47. The van der Waals surface area contributed by atoms with Gasteiger partial charge in [-0.05, 0) is 30.7 Å². The lowest BCUT2D eigenvalue weighted by atomic mass is 10.1. The summed E-state index contributed by atoms with van der Waals surface area (Å²) in [5.74, 6) is -0.263. The number of anilines is 1. The number of fused-ring (bicyclic) bond motifs is 1. The molecular formula is C22H23N5O3. The van der Waals surface area contributed by atoms with Crippen LogP contribution in [0.2, 0.25) is 0 Å². The molecule has 1 aliphatic rings. The molecule has 2 amide bonds. The summed E-state index contributed by atoms with van der Waals surface area (Å²) in [6.07, 6.45) is 0. The highest BCUT2D eigenvalue weighted by molar-refractivity contribution is 5.84. The molecule has 2 aromatic carbocycles. The van der Waals surface area contributed by atoms with E-state index in [4.69, 9.17) is 0 Å². The van der Waals surface area contributed by atoms with E-state index in [0.29, 0.717) is 30.7 Å². The van der Waals surface area contributed by atoms with Crippen LogP contribution < -0.4 is 21.1 Å². The second-order valence-electron chi connectivity index (χ2n) is 7.31. The largest absolute Gasteiger partial charge is 0.360 e. The van der Waals surface area contributed by atoms with E-state index in [1.807, 2.05) is 48.2 Å². The number of hydrogen-bond acceptors (Lipinski definition) is 5. The number of hydrogen-bond donors (Lipinski definition) is 2. The van der Waals surface area contributed by atoms with Crippen LogP contribution in [0, 0.1) is 6.92 Å². The number of rotatable bonds is 5. The summed E-state index contributed by atoms with van der Waals surface area (Å²) in [6, 6.07) is 15.0. The van der Waals surface area contributed by atoms with Gasteiger partial charge in [-0.25, -0.2) is 4.68 Å². The first-order chi connectivity index (χ1) is 14.5. The molecular weight excluding hydrogens is 382 g/mol. The lowest BCUT2D eigenvalue weighted by Crippen LogP contribution is -2.47. The van der Waals surface area contributed by atoms with Crippen LogP contribution in [0.15, 0.2) is 53.3 Å². The molecule has 0 saturated carbocycles. The van der Waals surface area contributed by atoms with E-state index in [1.54, 1.807) is 12.1 Å². The van der Waals surface area contributed by atoms with Gasteiger partial charge in [-0.3, -0.25) is 14.4 Å². The molecule has 2 heterocycles. The Morgan fingerprint density at radius 1 is 1.10 bits per heavy atom. The lowest BCUT2D eigenvalue weighted by molar-refractivity contribution is -0.122. The molecule has 1 aliphatic heterocycles. The summed E-state index contributed by atoms with van der Waals surface area (Å²) in [5.41, 5.74) is 2.34. The average Bonchev–Trinajstić information content (AvgIpc) is 2.76. The Morgan fingerprint density at radius 2 is 1.83 bits per heavy atom. The van der Waals surface area contributed by atoms with Crippen molar-refractivity contribution in [1.29, 1.82) is 0 Å². The van der Waals surface area contributed by atoms with Crippen molar-refractivity contribution in [3.8, 4) is 0 Å². The van der Waals surface area contributed by atoms with Crippen molar-refractivity contribution in [1.82, 2.24) is 20.4 Å². The summed E-state index contributed by atoms with van der Waals surface area (Å²) in [4.78, 5) is 38.5. The van der Waals surface area contributed by atoms with Gasteiger partial charge in [-0.15, -0.1) is 0 Å². The fourth-order valence-electron chi connectivity index (χ4n) is 3.59. The van der Waals surface area contributed by atoms with Crippen molar-refractivity contribution in [2.75, 3.05) is 24.5 Å². The summed E-state index contributed by atoms with van der Waals surface area (Å²) in [6.45, 7) is 3.80. The minimum Gasteiger partial charge on any atom is -0.360 e. The highest BCUT2D eigenvalue weighted by Crippen LogP contribution is 2.16. The van der Waals surface area contributed by atoms with Crippen molar-refractivity contribution in [3.05, 3.63) is 70.1 Å². The van der Waals surface area contributed by atoms with Gasteiger partial charge < -0.3 is 15.5 Å². The fourth-order valence-corrected chi connectivity index (χ4v) is 3.59. The molecule has 4 rings (SSSR count). The second-order valence-corrected chi connectivity index (χ2v) is 7.31. The quantitative estimate of drug-likeness (QED) is 0.659. The molecule has 2 N–H and O–H groups in total. The average molecular weight is 405 g/mol. The van der Waals surface area contributed by atoms with E-state index < -0.39 is 0 Å². The van der Waals surface area contributed by atoms with Crippen LogP contribution in [0.5, 0.6) is 0 Å². The summed E-state index contributed by atoms with van der Waals surface area (Å²) < 4.78 is 1.21. The zero-order chi connectivity index (χ0) is 21.1. The van der Waals surface area contributed by atoms with Crippen molar-refractivity contribution < 1.29 is 9.59 Å². The van der Waals surface area contributed by atoms with Gasteiger partial charge in [0.1, 0.15) is 6.54 Å². The van der Waals surface area contributed by atoms with Gasteiger partial charge in [0.25, 0.3) is 5.56 Å². The molecule has 0 unspecified atom stereocenters. The Balaban J connectivity index is 1.38. The number of aromatic nitrogens is 2. The Bertz CT molecular complexity index is 1150. The third-order valence-electron chi connectivity index (χ3n) is 5.18. The first-order valence-electron chi connectivity index (χ1n) is 9.85. The van der Waals surface area contributed by atoms with Crippen LogP contribution >= 0.6 is 0 Å². The molecule has 0 radical (unpaired) electrons. The monoisotopic (exact) mass is 405 g/mol. The number of aryl methyl sites for hydroxylation is 1. The molecule has 0 spiro atoms. The van der Waals surface area contributed by atoms with E-state index in [1.165, 1.54) is 4.68 Å². The molecule has 8 nitrogen and oxygen atoms in total. The standard InChI is InChI=1S/C22H23N5O3/c1-15-18-4-2-3-5-19(18)22(30)27(25-15)14-21(29)24-12-16-6-8-17(9-7-16)26-11-10-23-20(28)13-26/h2-9H,10-14H2,1H3,(H,23,28)(H,24,29). The first kappa shape index (κ1) is 19.6. The fraction of sp³-hybridized carbons (Fsp3) is 0.273. The molecule has 0 atom stereocenters. The predicted molar refractivity (Wildman–Crippen MR) is 114 cm³/mol. The minimum absolute atomic E-state index is 0.0189. The lowest BCUT2D eigenvalue weighted by Gasteiger charge is -2.28. The summed E-state index contributed by atoms with van der Waals surface area (Å²) in [5, 5.41) is 11.3. The molecule has 154 valence electrons. The van der Waals surface area contributed by atoms with Crippen molar-refractivity contribution in [2.24, 2.45) is 0 Å². The summed E-state index contributed by atoms with van der Waals surface area (Å²) in [7, 11) is 0. The van der Waals surface area contributed by atoms with Crippen LogP contribution in [0.4, 0.5) is 5.69 Å². The number of piperazine rings is 1. The number of carbonyl (C=O) groups excluding carboxylic acids is 2. The SMILES string of the molecule is Cc1nn(CC(=O)NCc2ccc(N3CCNC(=O)C3)cc2)c(=O)c2ccccc12. The van der Waals surface area contributed by atoms with E-state index in [2.05, 4.69) is 15.7 Å². The van der Waals surface area contributed by atoms with Crippen LogP contribution in [-0.2, 0) is 22.7 Å². The summed E-state index contributed by atoms with van der Waals surface area (Å²) >= 11 is 0. The Labute approximate surface area is 173 Å². The van der Waals surface area contributed by atoms with Crippen LogP contribution in [0.1, 0.15) is 11.3 Å². The van der Waals surface area contributed by atoms with Gasteiger partial charge in [0.05, 0.1) is 17.6 Å². The predicted octanol–water partition coefficient (Wildman–Crippen LogP) is 0.958. The van der Waals surface area contributed by atoms with Crippen LogP contribution in [-0.4, -0.2) is 41.2 Å². The van der Waals surface area contributed by atoms with E-state index in [9.17, 15) is 14.4 Å². The van der Waals surface area contributed by atoms with Crippen LogP contribution in [0.25, 0.3) is 10.8 Å². The zero-order valence-electron chi connectivity index (χ0n) is 16.7. The van der Waals surface area contributed by atoms with Crippen LogP contribution in [0.3, 0.4) is 0 Å². The second kappa shape index (κ2) is 8.36. The van der Waals surface area contributed by atoms with Gasteiger partial charge in [-0.2, -0.15) is 5.10 Å². The molecule has 1 fully saturated rings. The van der Waals surface area contributed by atoms with Crippen molar-refractivity contribution in [3.63, 3.8) is 0 Å². The van der Waals surface area contributed by atoms with E-state index in [0.717, 1.165) is 23.2 Å². The minimum atomic E-state index is -0.281. The molecule has 1 aromatic heterocycles. The number of nitrogens with zero attached hydrogens (tertiary/aromatic N) is 3. The molecule has 30 heavy (non-hydrogen) atoms. The van der Waals surface area contributed by atoms with Gasteiger partial charge >= 0.3 is 0 Å². The zero-order valence-corrected chi connectivity index (χ0v) is 16.7. The molecule has 1 saturated heterocycles. The maximum Gasteiger partial charge on any atom is 0.275 e. The normalized spacial score (nSPS) is 13.9. The topological polar surface area (TPSA) is 96.3 Å². The maximum absolute atomic E-state index is 12.6. The third-order valence-corrected chi connectivity index (χ3v) is 5.18. The van der Waals surface area contributed by atoms with E-state index in [-0.39, 0.29) is 23.9 Å². The Hall–Kier alpha value is -3.68. The van der Waals surface area contributed by atoms with Crippen molar-refractivity contribution in [2.45, 2.75) is 20.0 Å². The highest BCUT2D eigenvalue weighted by atomic mass is 16.2. The number of benzene rings is 2. The number of carbonyl (C=O) groups is 2. The highest BCUT2D eigenvalue weighted by Gasteiger charge is 2.16. The third kappa shape index (κ3) is 4.17. The van der Waals surface area contributed by atoms with Gasteiger partial charge in [0.15, 0.2) is 0 Å². The smallest absolute Gasteiger partial charge is 0.275 e. The van der Waals surface area contributed by atoms with Gasteiger partial charge in [-0.1, -0.05) is 30.3 Å². The molecule has 3 aromatic rings. The van der Waals surface area contributed by atoms with Crippen molar-refractivity contribution >= 4 is 28.3 Å². The molecule has 0 bridgehead atoms. The van der Waals surface area contributed by atoms with Gasteiger partial charge in [0, 0.05) is 30.7 Å². The van der Waals surface area contributed by atoms with Gasteiger partial charge in [0.2, 0.25) is 11.8 Å². The first-order valence-corrected chi connectivity index (χ1v) is 9.85. The van der Waals surface area contributed by atoms with E-state index >= 15 is 0 Å². The molecule has 0 aliphatic carbocycles. The number of nitrogens with one attached hydrogen (secondary N) is 2.